The number of nitrogens with one attached hydrogen (secondary N) is 1. The average Bonchev–Trinajstić information content (AvgIpc) is 3.28. The van der Waals surface area contributed by atoms with Gasteiger partial charge in [0.2, 0.25) is 5.56 Å². The van der Waals surface area contributed by atoms with E-state index in [4.69, 9.17) is 0 Å². The monoisotopic (exact) mass is 409 g/mol. The summed E-state index contributed by atoms with van der Waals surface area (Å²) in [5, 5.41) is 7.31. The van der Waals surface area contributed by atoms with Crippen LogP contribution in [0.2, 0.25) is 0 Å². The highest BCUT2D eigenvalue weighted by atomic mass is 19.4. The van der Waals surface area contributed by atoms with Crippen LogP contribution in [-0.2, 0) is 7.05 Å². The largest absolute Gasteiger partial charge is 0.410 e. The van der Waals surface area contributed by atoms with Crippen LogP contribution in [0, 0.1) is 0 Å². The Morgan fingerprint density at radius 3 is 2.76 bits per heavy atom. The number of hydrogen-bond donors (Lipinski definition) is 1. The molecular formula is C19H22F3N5O2. The van der Waals surface area contributed by atoms with E-state index in [1.54, 1.807) is 24.9 Å². The summed E-state index contributed by atoms with van der Waals surface area (Å²) in [4.78, 5) is 26.2. The second kappa shape index (κ2) is 6.93. The van der Waals surface area contributed by atoms with Gasteiger partial charge in [-0.1, -0.05) is 0 Å². The quantitative estimate of drug-likeness (QED) is 0.828. The number of carbonyl (C=O) groups is 1. The van der Waals surface area contributed by atoms with Crippen molar-refractivity contribution in [2.45, 2.75) is 50.5 Å². The second-order valence-electron chi connectivity index (χ2n) is 7.76. The van der Waals surface area contributed by atoms with Crippen LogP contribution in [0.25, 0.3) is 0 Å². The van der Waals surface area contributed by atoms with Gasteiger partial charge in [-0.2, -0.15) is 18.3 Å². The Morgan fingerprint density at radius 1 is 1.31 bits per heavy atom. The lowest BCUT2D eigenvalue weighted by Crippen LogP contribution is -2.38. The molecular weight excluding hydrogens is 387 g/mol. The fraction of sp³-hybridized carbons (Fsp3) is 0.526. The minimum Gasteiger partial charge on any atom is -0.368 e. The highest BCUT2D eigenvalue weighted by Crippen LogP contribution is 2.41. The number of aromatic nitrogens is 3. The zero-order chi connectivity index (χ0) is 20.9. The molecule has 3 atom stereocenters. The molecule has 1 amide bonds. The first-order valence-corrected chi connectivity index (χ1v) is 9.55. The summed E-state index contributed by atoms with van der Waals surface area (Å²) >= 11 is 0. The minimum absolute atomic E-state index is 0.0943. The molecule has 0 bridgehead atoms. The number of amides is 1. The number of anilines is 1. The molecule has 0 saturated carbocycles. The number of likely N-dealkylation sites (tertiary alicyclic amines) is 1. The third kappa shape index (κ3) is 3.51. The fourth-order valence-corrected chi connectivity index (χ4v) is 4.14. The summed E-state index contributed by atoms with van der Waals surface area (Å²) in [6.45, 7) is 2.20. The first-order chi connectivity index (χ1) is 13.6. The van der Waals surface area contributed by atoms with Crippen molar-refractivity contribution in [3.8, 4) is 0 Å². The lowest BCUT2D eigenvalue weighted by Gasteiger charge is -2.31. The summed E-state index contributed by atoms with van der Waals surface area (Å²) in [7, 11) is 1.56. The van der Waals surface area contributed by atoms with E-state index in [0.717, 1.165) is 11.1 Å². The van der Waals surface area contributed by atoms with Crippen molar-refractivity contribution in [2.24, 2.45) is 7.05 Å². The van der Waals surface area contributed by atoms with Crippen molar-refractivity contribution < 1.29 is 18.0 Å². The molecule has 2 aromatic heterocycles. The Kier molecular flexibility index (Phi) is 4.66. The van der Waals surface area contributed by atoms with E-state index >= 15 is 0 Å². The molecule has 2 aliphatic heterocycles. The van der Waals surface area contributed by atoms with Gasteiger partial charge in [-0.25, -0.2) is 4.68 Å². The van der Waals surface area contributed by atoms with Crippen molar-refractivity contribution in [2.75, 3.05) is 11.9 Å². The molecule has 2 aromatic rings. The molecule has 4 heterocycles. The van der Waals surface area contributed by atoms with Gasteiger partial charge < -0.3 is 14.8 Å². The molecule has 0 spiro atoms. The van der Waals surface area contributed by atoms with Crippen LogP contribution in [0.4, 0.5) is 19.0 Å². The molecule has 7 nitrogen and oxygen atoms in total. The van der Waals surface area contributed by atoms with Crippen LogP contribution in [0.3, 0.4) is 0 Å². The standard InChI is InChI=1S/C19H22F3N5O2/c1-11-8-15(19(20,21)22)27-16(23-11)9-13(24-27)14-4-3-7-26(14)18(29)12-5-6-17(28)25(2)10-12/h5-6,9-11,14-15,23H,3-4,7-8H2,1-2H3/t11-,14-,15-/m1/s1. The predicted molar refractivity (Wildman–Crippen MR) is 99.7 cm³/mol. The maximum Gasteiger partial charge on any atom is 0.410 e. The number of rotatable bonds is 2. The number of carbonyl (C=O) groups excluding carboxylic acids is 1. The Labute approximate surface area is 165 Å². The van der Waals surface area contributed by atoms with Crippen molar-refractivity contribution in [3.05, 3.63) is 46.0 Å². The van der Waals surface area contributed by atoms with Crippen LogP contribution < -0.4 is 10.9 Å². The van der Waals surface area contributed by atoms with Gasteiger partial charge in [0.25, 0.3) is 5.91 Å². The highest BCUT2D eigenvalue weighted by molar-refractivity contribution is 5.94. The number of aryl methyl sites for hydroxylation is 1. The van der Waals surface area contributed by atoms with Gasteiger partial charge in [-0.3, -0.25) is 9.59 Å². The molecule has 1 fully saturated rings. The van der Waals surface area contributed by atoms with E-state index < -0.39 is 18.3 Å². The SMILES string of the molecule is C[C@@H]1C[C@H](C(F)(F)F)n2nc([C@H]3CCCN3C(=O)c3ccc(=O)n(C)c3)cc2N1. The molecule has 156 valence electrons. The third-order valence-corrected chi connectivity index (χ3v) is 5.59. The molecule has 1 N–H and O–H groups in total. The number of nitrogens with zero attached hydrogens (tertiary/aromatic N) is 4. The molecule has 4 rings (SSSR count). The van der Waals surface area contributed by atoms with Crippen molar-refractivity contribution >= 4 is 11.7 Å². The second-order valence-corrected chi connectivity index (χ2v) is 7.76. The molecule has 10 heteroatoms. The average molecular weight is 409 g/mol. The molecule has 0 aromatic carbocycles. The number of halogens is 3. The molecule has 0 radical (unpaired) electrons. The van der Waals surface area contributed by atoms with E-state index in [1.807, 2.05) is 0 Å². The maximum absolute atomic E-state index is 13.5. The number of hydrogen-bond acceptors (Lipinski definition) is 4. The Bertz CT molecular complexity index is 996. The van der Waals surface area contributed by atoms with Crippen LogP contribution in [0.15, 0.2) is 29.2 Å². The summed E-state index contributed by atoms with van der Waals surface area (Å²) in [5.74, 6) is 0.0604. The number of fused-ring (bicyclic) bond motifs is 1. The number of pyridine rings is 1. The topological polar surface area (TPSA) is 72.2 Å². The van der Waals surface area contributed by atoms with E-state index in [0.29, 0.717) is 30.0 Å². The smallest absolute Gasteiger partial charge is 0.368 e. The van der Waals surface area contributed by atoms with Crippen molar-refractivity contribution in [1.29, 1.82) is 0 Å². The van der Waals surface area contributed by atoms with E-state index in [1.165, 1.54) is 22.9 Å². The molecule has 0 aliphatic carbocycles. The van der Waals surface area contributed by atoms with Gasteiger partial charge in [0.1, 0.15) is 5.82 Å². The van der Waals surface area contributed by atoms with E-state index in [9.17, 15) is 22.8 Å². The van der Waals surface area contributed by atoms with Crippen LogP contribution in [0.5, 0.6) is 0 Å². The summed E-state index contributed by atoms with van der Waals surface area (Å²) < 4.78 is 42.8. The van der Waals surface area contributed by atoms with Gasteiger partial charge >= 0.3 is 6.18 Å². The lowest BCUT2D eigenvalue weighted by molar-refractivity contribution is -0.173. The molecule has 1 saturated heterocycles. The molecule has 29 heavy (non-hydrogen) atoms. The van der Waals surface area contributed by atoms with E-state index in [2.05, 4.69) is 10.4 Å². The van der Waals surface area contributed by atoms with E-state index in [-0.39, 0.29) is 23.9 Å². The fourth-order valence-electron chi connectivity index (χ4n) is 4.14. The highest BCUT2D eigenvalue weighted by Gasteiger charge is 2.46. The van der Waals surface area contributed by atoms with Gasteiger partial charge in [0.15, 0.2) is 6.04 Å². The van der Waals surface area contributed by atoms with Gasteiger partial charge in [0.05, 0.1) is 17.3 Å². The maximum atomic E-state index is 13.5. The normalized spacial score (nSPS) is 24.3. The first-order valence-electron chi connectivity index (χ1n) is 9.55. The predicted octanol–water partition coefficient (Wildman–Crippen LogP) is 2.87. The Balaban J connectivity index is 1.65. The van der Waals surface area contributed by atoms with Gasteiger partial charge in [0, 0.05) is 38.0 Å². The van der Waals surface area contributed by atoms with Crippen molar-refractivity contribution in [3.63, 3.8) is 0 Å². The third-order valence-electron chi connectivity index (χ3n) is 5.59. The summed E-state index contributed by atoms with van der Waals surface area (Å²) in [6.07, 6.45) is -1.66. The minimum atomic E-state index is -4.39. The van der Waals surface area contributed by atoms with Gasteiger partial charge in [-0.05, 0) is 32.3 Å². The van der Waals surface area contributed by atoms with Crippen LogP contribution in [-0.4, -0.2) is 43.9 Å². The lowest BCUT2D eigenvalue weighted by atomic mass is 10.1. The zero-order valence-electron chi connectivity index (χ0n) is 16.1. The number of alkyl halides is 3. The van der Waals surface area contributed by atoms with Gasteiger partial charge in [-0.15, -0.1) is 0 Å². The van der Waals surface area contributed by atoms with Crippen LogP contribution in [0.1, 0.15) is 54.3 Å². The van der Waals surface area contributed by atoms with Crippen LogP contribution >= 0.6 is 0 Å². The Hall–Kier alpha value is -2.78. The van der Waals surface area contributed by atoms with Crippen molar-refractivity contribution in [1.82, 2.24) is 19.2 Å². The first kappa shape index (κ1) is 19.5. The summed E-state index contributed by atoms with van der Waals surface area (Å²) in [5.41, 5.74) is 0.592. The molecule has 0 unspecified atom stereocenters. The molecule has 2 aliphatic rings. The summed E-state index contributed by atoms with van der Waals surface area (Å²) in [6, 6.07) is 2.01. The Morgan fingerprint density at radius 2 is 2.07 bits per heavy atom. The zero-order valence-corrected chi connectivity index (χ0v) is 16.1.